The molecule has 5 nitrogen and oxygen atoms in total. The number of unbranched alkanes of at least 4 members (excludes halogenated alkanes) is 1. The van der Waals surface area contributed by atoms with E-state index in [1.54, 1.807) is 18.5 Å². The van der Waals surface area contributed by atoms with Crippen LogP contribution < -0.4 is 0 Å². The van der Waals surface area contributed by atoms with Crippen LogP contribution in [0.3, 0.4) is 0 Å². The van der Waals surface area contributed by atoms with Crippen LogP contribution in [-0.2, 0) is 19.5 Å². The summed E-state index contributed by atoms with van der Waals surface area (Å²) in [5.41, 5.74) is 0. The van der Waals surface area contributed by atoms with Gasteiger partial charge in [-0.05, 0) is 6.42 Å². The van der Waals surface area contributed by atoms with Crippen LogP contribution in [0.2, 0.25) is 0 Å². The average Bonchev–Trinajstić information content (AvgIpc) is 2.36. The van der Waals surface area contributed by atoms with Crippen molar-refractivity contribution < 1.29 is 17.9 Å². The molecule has 0 atom stereocenters. The summed E-state index contributed by atoms with van der Waals surface area (Å²) in [7, 11) is 0.114. The molecule has 0 aromatic rings. The molecule has 1 rings (SSSR count). The van der Waals surface area contributed by atoms with Crippen LogP contribution in [0.5, 0.6) is 0 Å². The van der Waals surface area contributed by atoms with Gasteiger partial charge in [0.1, 0.15) is 0 Å². The summed E-state index contributed by atoms with van der Waals surface area (Å²) in [5, 5.41) is 0. The highest BCUT2D eigenvalue weighted by Gasteiger charge is 2.37. The summed E-state index contributed by atoms with van der Waals surface area (Å²) >= 11 is 0. The highest BCUT2D eigenvalue weighted by Crippen LogP contribution is 2.27. The van der Waals surface area contributed by atoms with Crippen LogP contribution in [0.15, 0.2) is 0 Å². The van der Waals surface area contributed by atoms with Crippen LogP contribution >= 0.6 is 0 Å². The first-order valence-corrected chi connectivity index (χ1v) is 7.69. The van der Waals surface area contributed by atoms with Gasteiger partial charge in [-0.2, -0.15) is 0 Å². The van der Waals surface area contributed by atoms with Gasteiger partial charge in [0.25, 0.3) is 0 Å². The third-order valence-corrected chi connectivity index (χ3v) is 5.33. The Morgan fingerprint density at radius 2 is 1.71 bits per heavy atom. The number of piperidine rings is 1. The fourth-order valence-electron chi connectivity index (χ4n) is 2.05. The smallest absolute Gasteiger partial charge is 0.214 e. The third kappa shape index (κ3) is 3.64. The zero-order chi connectivity index (χ0) is 12.9. The van der Waals surface area contributed by atoms with Crippen molar-refractivity contribution in [3.63, 3.8) is 0 Å². The van der Waals surface area contributed by atoms with Crippen molar-refractivity contribution in [2.24, 2.45) is 0 Å². The van der Waals surface area contributed by atoms with Crippen molar-refractivity contribution in [2.45, 2.75) is 38.4 Å². The number of ether oxygens (including phenoxy) is 2. The number of rotatable bonds is 6. The number of hydrogen-bond donors (Lipinski definition) is 0. The molecule has 1 aliphatic rings. The fourth-order valence-corrected chi connectivity index (χ4v) is 3.70. The Morgan fingerprint density at radius 3 is 2.12 bits per heavy atom. The topological polar surface area (TPSA) is 55.8 Å². The van der Waals surface area contributed by atoms with E-state index in [1.165, 1.54) is 0 Å². The molecule has 0 bridgehead atoms. The van der Waals surface area contributed by atoms with Crippen LogP contribution in [0.4, 0.5) is 0 Å². The maximum Gasteiger partial charge on any atom is 0.214 e. The van der Waals surface area contributed by atoms with Crippen LogP contribution in [-0.4, -0.2) is 51.6 Å². The molecule has 1 fully saturated rings. The molecule has 17 heavy (non-hydrogen) atoms. The Bertz CT molecular complexity index is 314. The van der Waals surface area contributed by atoms with Gasteiger partial charge in [-0.25, -0.2) is 12.7 Å². The summed E-state index contributed by atoms with van der Waals surface area (Å²) in [6.07, 6.45) is 2.79. The molecule has 0 saturated carbocycles. The Kier molecular flexibility index (Phi) is 5.37. The molecule has 6 heteroatoms. The molecule has 1 saturated heterocycles. The van der Waals surface area contributed by atoms with Crippen LogP contribution in [0.25, 0.3) is 0 Å². The average molecular weight is 265 g/mol. The maximum absolute atomic E-state index is 12.0. The van der Waals surface area contributed by atoms with Gasteiger partial charge in [-0.1, -0.05) is 13.3 Å². The van der Waals surface area contributed by atoms with Crippen molar-refractivity contribution >= 4 is 10.0 Å². The fraction of sp³-hybridized carbons (Fsp3) is 1.00. The molecule has 0 spiro atoms. The maximum atomic E-state index is 12.0. The zero-order valence-electron chi connectivity index (χ0n) is 10.9. The molecule has 1 aliphatic heterocycles. The monoisotopic (exact) mass is 265 g/mol. The zero-order valence-corrected chi connectivity index (χ0v) is 11.8. The Labute approximate surface area is 104 Å². The third-order valence-electron chi connectivity index (χ3n) is 3.38. The van der Waals surface area contributed by atoms with Crippen molar-refractivity contribution in [2.75, 3.05) is 33.1 Å². The van der Waals surface area contributed by atoms with Crippen molar-refractivity contribution in [3.8, 4) is 0 Å². The molecule has 0 aromatic heterocycles. The Hall–Kier alpha value is -0.170. The lowest BCUT2D eigenvalue weighted by molar-refractivity contribution is -0.224. The van der Waals surface area contributed by atoms with Gasteiger partial charge in [0, 0.05) is 40.2 Å². The van der Waals surface area contributed by atoms with E-state index in [1.807, 2.05) is 6.92 Å². The molecule has 0 amide bonds. The van der Waals surface area contributed by atoms with E-state index in [4.69, 9.17) is 9.47 Å². The Balaban J connectivity index is 2.57. The van der Waals surface area contributed by atoms with E-state index in [-0.39, 0.29) is 5.75 Å². The lowest BCUT2D eigenvalue weighted by atomic mass is 10.1. The molecule has 0 unspecified atom stereocenters. The first-order valence-electron chi connectivity index (χ1n) is 6.08. The Morgan fingerprint density at radius 1 is 1.18 bits per heavy atom. The lowest BCUT2D eigenvalue weighted by Crippen LogP contribution is -2.49. The molecule has 0 aromatic carbocycles. The first-order chi connectivity index (χ1) is 7.99. The number of nitrogens with zero attached hydrogens (tertiary/aromatic N) is 1. The van der Waals surface area contributed by atoms with Gasteiger partial charge < -0.3 is 9.47 Å². The van der Waals surface area contributed by atoms with Gasteiger partial charge in [0.15, 0.2) is 5.79 Å². The minimum Gasteiger partial charge on any atom is -0.353 e. The summed E-state index contributed by atoms with van der Waals surface area (Å²) in [5.74, 6) is -0.354. The minimum absolute atomic E-state index is 0.246. The SMILES string of the molecule is CCCCS(=O)(=O)N1CCC(OC)(OC)CC1. The van der Waals surface area contributed by atoms with Crippen LogP contribution in [0.1, 0.15) is 32.6 Å². The van der Waals surface area contributed by atoms with Crippen molar-refractivity contribution in [3.05, 3.63) is 0 Å². The second-order valence-electron chi connectivity index (χ2n) is 4.39. The van der Waals surface area contributed by atoms with Crippen molar-refractivity contribution in [1.29, 1.82) is 0 Å². The summed E-state index contributed by atoms with van der Waals surface area (Å²) in [6, 6.07) is 0. The summed E-state index contributed by atoms with van der Waals surface area (Å²) < 4.78 is 36.2. The molecular weight excluding hydrogens is 242 g/mol. The normalized spacial score (nSPS) is 21.6. The number of methoxy groups -OCH3 is 2. The van der Waals surface area contributed by atoms with Crippen LogP contribution in [0, 0.1) is 0 Å². The van der Waals surface area contributed by atoms with Gasteiger partial charge in [-0.15, -0.1) is 0 Å². The van der Waals surface area contributed by atoms with E-state index in [2.05, 4.69) is 0 Å². The first kappa shape index (κ1) is 14.9. The summed E-state index contributed by atoms with van der Waals surface area (Å²) in [4.78, 5) is 0. The predicted octanol–water partition coefficient (Wildman–Crippen LogP) is 1.20. The highest BCUT2D eigenvalue weighted by molar-refractivity contribution is 7.89. The molecule has 0 aliphatic carbocycles. The number of sulfonamides is 1. The second kappa shape index (κ2) is 6.13. The van der Waals surface area contributed by atoms with Gasteiger partial charge in [0.05, 0.1) is 5.75 Å². The quantitative estimate of drug-likeness (QED) is 0.677. The van der Waals surface area contributed by atoms with E-state index in [0.717, 1.165) is 12.8 Å². The van der Waals surface area contributed by atoms with E-state index in [9.17, 15) is 8.42 Å². The van der Waals surface area contributed by atoms with E-state index >= 15 is 0 Å². The standard InChI is InChI=1S/C11H23NO4S/c1-4-5-10-17(13,14)12-8-6-11(15-2,16-3)7-9-12/h4-10H2,1-3H3. The second-order valence-corrected chi connectivity index (χ2v) is 6.48. The lowest BCUT2D eigenvalue weighted by Gasteiger charge is -2.38. The summed E-state index contributed by atoms with van der Waals surface area (Å²) in [6.45, 7) is 2.95. The van der Waals surface area contributed by atoms with Gasteiger partial charge in [-0.3, -0.25) is 0 Å². The van der Waals surface area contributed by atoms with E-state index < -0.39 is 15.8 Å². The van der Waals surface area contributed by atoms with E-state index in [0.29, 0.717) is 25.9 Å². The molecular formula is C11H23NO4S. The number of hydrogen-bond acceptors (Lipinski definition) is 4. The van der Waals surface area contributed by atoms with Gasteiger partial charge >= 0.3 is 0 Å². The minimum atomic E-state index is -3.09. The van der Waals surface area contributed by atoms with Gasteiger partial charge in [0.2, 0.25) is 10.0 Å². The molecule has 0 radical (unpaired) electrons. The highest BCUT2D eigenvalue weighted by atomic mass is 32.2. The molecule has 1 heterocycles. The molecule has 102 valence electrons. The molecule has 0 N–H and O–H groups in total. The predicted molar refractivity (Wildman–Crippen MR) is 66.3 cm³/mol. The largest absolute Gasteiger partial charge is 0.353 e. The van der Waals surface area contributed by atoms with Crippen molar-refractivity contribution in [1.82, 2.24) is 4.31 Å².